The Morgan fingerprint density at radius 2 is 1.92 bits per heavy atom. The van der Waals surface area contributed by atoms with Crippen LogP contribution in [0.15, 0.2) is 30.3 Å². The summed E-state index contributed by atoms with van der Waals surface area (Å²) < 4.78 is 7.21. The SMILES string of the molecule is C[C@@H]1CN(c2nnnn2-c2ccccc2)CCN1C(=O)OC(C)(C)C. The van der Waals surface area contributed by atoms with Gasteiger partial charge in [0.05, 0.1) is 5.69 Å². The summed E-state index contributed by atoms with van der Waals surface area (Å²) in [5.74, 6) is 0.682. The minimum Gasteiger partial charge on any atom is -0.444 e. The monoisotopic (exact) mass is 344 g/mol. The Kier molecular flexibility index (Phi) is 4.61. The number of hydrogen-bond acceptors (Lipinski definition) is 6. The maximum atomic E-state index is 12.3. The van der Waals surface area contributed by atoms with E-state index in [1.807, 2.05) is 58.0 Å². The smallest absolute Gasteiger partial charge is 0.410 e. The van der Waals surface area contributed by atoms with E-state index < -0.39 is 5.60 Å². The molecule has 1 saturated heterocycles. The minimum atomic E-state index is -0.495. The van der Waals surface area contributed by atoms with Crippen LogP contribution in [0.2, 0.25) is 0 Å². The molecule has 0 unspecified atom stereocenters. The third-order valence-electron chi connectivity index (χ3n) is 3.99. The number of carbonyl (C=O) groups excluding carboxylic acids is 1. The predicted molar refractivity (Wildman–Crippen MR) is 93.8 cm³/mol. The summed E-state index contributed by atoms with van der Waals surface area (Å²) in [7, 11) is 0. The van der Waals surface area contributed by atoms with Gasteiger partial charge < -0.3 is 14.5 Å². The summed E-state index contributed by atoms with van der Waals surface area (Å²) in [6.45, 7) is 9.49. The maximum absolute atomic E-state index is 12.3. The van der Waals surface area contributed by atoms with E-state index in [1.54, 1.807) is 9.58 Å². The molecule has 1 atom stereocenters. The molecule has 0 radical (unpaired) electrons. The molecule has 1 amide bonds. The molecule has 2 heterocycles. The van der Waals surface area contributed by atoms with Crippen molar-refractivity contribution in [1.29, 1.82) is 0 Å². The van der Waals surface area contributed by atoms with Gasteiger partial charge in [-0.1, -0.05) is 23.3 Å². The number of amides is 1. The molecule has 8 heteroatoms. The van der Waals surface area contributed by atoms with E-state index in [-0.39, 0.29) is 12.1 Å². The van der Waals surface area contributed by atoms with Crippen LogP contribution in [0, 0.1) is 0 Å². The lowest BCUT2D eigenvalue weighted by Gasteiger charge is -2.40. The normalized spacial score (nSPS) is 18.3. The summed E-state index contributed by atoms with van der Waals surface area (Å²) >= 11 is 0. The van der Waals surface area contributed by atoms with Crippen molar-refractivity contribution in [2.45, 2.75) is 39.3 Å². The zero-order valence-electron chi connectivity index (χ0n) is 15.1. The Morgan fingerprint density at radius 1 is 1.20 bits per heavy atom. The van der Waals surface area contributed by atoms with Gasteiger partial charge in [0.25, 0.3) is 5.95 Å². The van der Waals surface area contributed by atoms with Crippen molar-refractivity contribution in [1.82, 2.24) is 25.1 Å². The van der Waals surface area contributed by atoms with Gasteiger partial charge in [0, 0.05) is 25.7 Å². The third kappa shape index (κ3) is 3.89. The summed E-state index contributed by atoms with van der Waals surface area (Å²) in [5, 5.41) is 12.1. The molecule has 2 aromatic rings. The van der Waals surface area contributed by atoms with Crippen molar-refractivity contribution in [3.8, 4) is 5.69 Å². The standard InChI is InChI=1S/C17H24N6O2/c1-13-12-21(10-11-22(13)16(24)25-17(2,3)4)15-18-19-20-23(15)14-8-6-5-7-9-14/h5-9,13H,10-12H2,1-4H3/t13-/m1/s1. The highest BCUT2D eigenvalue weighted by Gasteiger charge is 2.32. The van der Waals surface area contributed by atoms with Crippen LogP contribution >= 0.6 is 0 Å². The van der Waals surface area contributed by atoms with Crippen molar-refractivity contribution >= 4 is 12.0 Å². The zero-order chi connectivity index (χ0) is 18.0. The summed E-state index contributed by atoms with van der Waals surface area (Å²) in [6.07, 6.45) is -0.276. The van der Waals surface area contributed by atoms with Crippen molar-refractivity contribution < 1.29 is 9.53 Å². The van der Waals surface area contributed by atoms with Gasteiger partial charge in [0.2, 0.25) is 0 Å². The second kappa shape index (κ2) is 6.70. The second-order valence-corrected chi connectivity index (χ2v) is 7.20. The quantitative estimate of drug-likeness (QED) is 0.830. The van der Waals surface area contributed by atoms with Gasteiger partial charge in [-0.15, -0.1) is 0 Å². The number of piperazine rings is 1. The van der Waals surface area contributed by atoms with E-state index >= 15 is 0 Å². The molecule has 8 nitrogen and oxygen atoms in total. The Bertz CT molecular complexity index is 724. The topological polar surface area (TPSA) is 76.4 Å². The van der Waals surface area contributed by atoms with Crippen molar-refractivity contribution in [3.05, 3.63) is 30.3 Å². The number of benzene rings is 1. The Morgan fingerprint density at radius 3 is 2.56 bits per heavy atom. The molecular formula is C17H24N6O2. The summed E-state index contributed by atoms with van der Waals surface area (Å²) in [5.41, 5.74) is 0.412. The lowest BCUT2D eigenvalue weighted by atomic mass is 10.2. The van der Waals surface area contributed by atoms with E-state index in [0.717, 1.165) is 5.69 Å². The molecule has 1 aliphatic heterocycles. The van der Waals surface area contributed by atoms with Crippen molar-refractivity contribution in [2.24, 2.45) is 0 Å². The number of aromatic nitrogens is 4. The van der Waals surface area contributed by atoms with Gasteiger partial charge in [-0.05, 0) is 50.3 Å². The van der Waals surface area contributed by atoms with E-state index in [0.29, 0.717) is 25.6 Å². The zero-order valence-corrected chi connectivity index (χ0v) is 15.1. The molecule has 1 fully saturated rings. The summed E-state index contributed by atoms with van der Waals surface area (Å²) in [4.78, 5) is 16.2. The van der Waals surface area contributed by atoms with Crippen LogP contribution in [0.4, 0.5) is 10.7 Å². The minimum absolute atomic E-state index is 0.00419. The predicted octanol–water partition coefficient (Wildman–Crippen LogP) is 2.11. The van der Waals surface area contributed by atoms with Crippen molar-refractivity contribution in [3.63, 3.8) is 0 Å². The molecule has 0 saturated carbocycles. The fourth-order valence-corrected chi connectivity index (χ4v) is 2.85. The largest absolute Gasteiger partial charge is 0.444 e. The number of carbonyl (C=O) groups is 1. The third-order valence-corrected chi connectivity index (χ3v) is 3.99. The second-order valence-electron chi connectivity index (χ2n) is 7.20. The lowest BCUT2D eigenvalue weighted by Crippen LogP contribution is -2.55. The number of para-hydroxylation sites is 1. The molecule has 25 heavy (non-hydrogen) atoms. The van der Waals surface area contributed by atoms with Gasteiger partial charge in [-0.2, -0.15) is 4.68 Å². The highest BCUT2D eigenvalue weighted by atomic mass is 16.6. The first-order valence-electron chi connectivity index (χ1n) is 8.43. The van der Waals surface area contributed by atoms with Crippen LogP contribution < -0.4 is 4.90 Å². The van der Waals surface area contributed by atoms with Gasteiger partial charge in [0.15, 0.2) is 0 Å². The number of nitrogens with zero attached hydrogens (tertiary/aromatic N) is 6. The molecular weight excluding hydrogens is 320 g/mol. The first-order chi connectivity index (χ1) is 11.8. The van der Waals surface area contributed by atoms with Crippen molar-refractivity contribution in [2.75, 3.05) is 24.5 Å². The Balaban J connectivity index is 1.72. The van der Waals surface area contributed by atoms with Gasteiger partial charge in [0.1, 0.15) is 5.60 Å². The van der Waals surface area contributed by atoms with Gasteiger partial charge >= 0.3 is 6.09 Å². The van der Waals surface area contributed by atoms with Crippen LogP contribution in [0.5, 0.6) is 0 Å². The number of ether oxygens (including phenoxy) is 1. The van der Waals surface area contributed by atoms with Crippen LogP contribution in [0.1, 0.15) is 27.7 Å². The molecule has 1 aliphatic rings. The molecule has 0 N–H and O–H groups in total. The van der Waals surface area contributed by atoms with Crippen LogP contribution in [-0.4, -0.2) is 62.5 Å². The van der Waals surface area contributed by atoms with E-state index in [4.69, 9.17) is 4.74 Å². The molecule has 3 rings (SSSR count). The molecule has 0 bridgehead atoms. The number of hydrogen-bond donors (Lipinski definition) is 0. The molecule has 0 spiro atoms. The first-order valence-corrected chi connectivity index (χ1v) is 8.43. The summed E-state index contributed by atoms with van der Waals surface area (Å²) in [6, 6.07) is 9.77. The van der Waals surface area contributed by atoms with Crippen LogP contribution in [0.3, 0.4) is 0 Å². The van der Waals surface area contributed by atoms with Gasteiger partial charge in [-0.25, -0.2) is 4.79 Å². The fraction of sp³-hybridized carbons (Fsp3) is 0.529. The van der Waals surface area contributed by atoms with Gasteiger partial charge in [-0.3, -0.25) is 0 Å². The van der Waals surface area contributed by atoms with E-state index in [2.05, 4.69) is 20.4 Å². The fourth-order valence-electron chi connectivity index (χ4n) is 2.85. The number of tetrazole rings is 1. The number of anilines is 1. The molecule has 134 valence electrons. The van der Waals surface area contributed by atoms with Crippen LogP contribution in [-0.2, 0) is 4.74 Å². The van der Waals surface area contributed by atoms with E-state index in [9.17, 15) is 4.79 Å². The highest BCUT2D eigenvalue weighted by Crippen LogP contribution is 2.21. The van der Waals surface area contributed by atoms with Crippen LogP contribution in [0.25, 0.3) is 5.69 Å². The Labute approximate surface area is 147 Å². The molecule has 1 aromatic carbocycles. The highest BCUT2D eigenvalue weighted by molar-refractivity contribution is 5.69. The van der Waals surface area contributed by atoms with E-state index in [1.165, 1.54) is 0 Å². The lowest BCUT2D eigenvalue weighted by molar-refractivity contribution is 0.0158. The first kappa shape index (κ1) is 17.2. The molecule has 0 aliphatic carbocycles. The maximum Gasteiger partial charge on any atom is 0.410 e. The molecule has 1 aromatic heterocycles. The average molecular weight is 344 g/mol. The average Bonchev–Trinajstić information content (AvgIpc) is 3.03. The Hall–Kier alpha value is -2.64. The number of rotatable bonds is 2.